The Kier molecular flexibility index (Phi) is 7.20. The summed E-state index contributed by atoms with van der Waals surface area (Å²) in [5.41, 5.74) is 3.17. The minimum absolute atomic E-state index is 0.0403. The van der Waals surface area contributed by atoms with E-state index in [0.717, 1.165) is 17.0 Å². The van der Waals surface area contributed by atoms with Crippen molar-refractivity contribution in [2.24, 2.45) is 0 Å². The van der Waals surface area contributed by atoms with Gasteiger partial charge in [0.1, 0.15) is 11.5 Å². The highest BCUT2D eigenvalue weighted by Crippen LogP contribution is 2.29. The molecular formula is C24H23ClN6O5. The summed E-state index contributed by atoms with van der Waals surface area (Å²) in [5, 5.41) is 22.6. The van der Waals surface area contributed by atoms with Gasteiger partial charge in [-0.2, -0.15) is 10.2 Å². The van der Waals surface area contributed by atoms with Crippen LogP contribution in [0.25, 0.3) is 0 Å². The molecule has 0 aliphatic heterocycles. The zero-order chi connectivity index (χ0) is 25.8. The fourth-order valence-electron chi connectivity index (χ4n) is 3.56. The molecule has 1 amide bonds. The van der Waals surface area contributed by atoms with Gasteiger partial charge in [-0.1, -0.05) is 23.7 Å². The fourth-order valence-corrected chi connectivity index (χ4v) is 3.79. The summed E-state index contributed by atoms with van der Waals surface area (Å²) in [6.45, 7) is 4.19. The lowest BCUT2D eigenvalue weighted by molar-refractivity contribution is -0.384. The summed E-state index contributed by atoms with van der Waals surface area (Å²) < 4.78 is 14.1. The van der Waals surface area contributed by atoms with Gasteiger partial charge in [0.15, 0.2) is 12.4 Å². The molecule has 0 atom stereocenters. The predicted molar refractivity (Wildman–Crippen MR) is 133 cm³/mol. The van der Waals surface area contributed by atoms with Crippen molar-refractivity contribution < 1.29 is 19.2 Å². The van der Waals surface area contributed by atoms with Crippen molar-refractivity contribution in [3.8, 4) is 11.5 Å². The Morgan fingerprint density at radius 3 is 2.69 bits per heavy atom. The molecule has 0 radical (unpaired) electrons. The third-order valence-corrected chi connectivity index (χ3v) is 5.73. The number of halogens is 1. The van der Waals surface area contributed by atoms with E-state index in [1.165, 1.54) is 22.9 Å². The first kappa shape index (κ1) is 24.7. The predicted octanol–water partition coefficient (Wildman–Crippen LogP) is 4.60. The van der Waals surface area contributed by atoms with Crippen molar-refractivity contribution in [3.05, 3.63) is 92.5 Å². The molecule has 186 valence electrons. The quantitative estimate of drug-likeness (QED) is 0.257. The van der Waals surface area contributed by atoms with Gasteiger partial charge < -0.3 is 14.8 Å². The molecule has 2 aromatic heterocycles. The molecule has 36 heavy (non-hydrogen) atoms. The van der Waals surface area contributed by atoms with E-state index in [1.54, 1.807) is 19.4 Å². The van der Waals surface area contributed by atoms with Crippen LogP contribution in [-0.2, 0) is 13.3 Å². The van der Waals surface area contributed by atoms with Gasteiger partial charge in [-0.05, 0) is 43.7 Å². The zero-order valence-electron chi connectivity index (χ0n) is 19.8. The number of nitro groups is 1. The smallest absolute Gasteiger partial charge is 0.276 e. The third-order valence-electron chi connectivity index (χ3n) is 5.44. The first-order valence-electron chi connectivity index (χ1n) is 10.8. The number of nitro benzene ring substituents is 1. The summed E-state index contributed by atoms with van der Waals surface area (Å²) in [6.07, 6.45) is 1.58. The molecular weight excluding hydrogens is 488 g/mol. The Balaban J connectivity index is 1.41. The minimum Gasteiger partial charge on any atom is -0.497 e. The van der Waals surface area contributed by atoms with Gasteiger partial charge in [-0.25, -0.2) is 4.68 Å². The number of hydrogen-bond donors (Lipinski definition) is 1. The lowest BCUT2D eigenvalue weighted by atomic mass is 10.2. The topological polar surface area (TPSA) is 126 Å². The van der Waals surface area contributed by atoms with Crippen LogP contribution in [0.1, 0.15) is 27.4 Å². The molecule has 0 saturated heterocycles. The van der Waals surface area contributed by atoms with Gasteiger partial charge in [-0.3, -0.25) is 19.6 Å². The summed E-state index contributed by atoms with van der Waals surface area (Å²) in [7, 11) is 1.62. The normalized spacial score (nSPS) is 10.8. The van der Waals surface area contributed by atoms with E-state index in [4.69, 9.17) is 21.1 Å². The van der Waals surface area contributed by atoms with Crippen molar-refractivity contribution in [1.82, 2.24) is 19.6 Å². The number of anilines is 1. The standard InChI is InChI=1S/C24H23ClN6O5/c1-15-23(16(2)30(27-15)13-17-5-4-6-19(11-17)35-3)26-24(32)21-9-10-29(28-21)14-36-22-8-7-18(31(33)34)12-20(22)25/h4-12H,13-14H2,1-3H3,(H,26,32). The Morgan fingerprint density at radius 2 is 1.97 bits per heavy atom. The van der Waals surface area contributed by atoms with E-state index in [9.17, 15) is 14.9 Å². The number of non-ortho nitro benzene ring substituents is 1. The molecule has 2 heterocycles. The van der Waals surface area contributed by atoms with E-state index >= 15 is 0 Å². The first-order valence-corrected chi connectivity index (χ1v) is 11.2. The van der Waals surface area contributed by atoms with Gasteiger partial charge in [0.05, 0.1) is 40.7 Å². The minimum atomic E-state index is -0.542. The highest BCUT2D eigenvalue weighted by atomic mass is 35.5. The molecule has 0 fully saturated rings. The molecule has 0 spiro atoms. The lowest BCUT2D eigenvalue weighted by Gasteiger charge is -2.08. The Bertz CT molecular complexity index is 1430. The zero-order valence-corrected chi connectivity index (χ0v) is 20.5. The number of aromatic nitrogens is 4. The van der Waals surface area contributed by atoms with Crippen molar-refractivity contribution in [1.29, 1.82) is 0 Å². The number of hydrogen-bond acceptors (Lipinski definition) is 7. The molecule has 0 saturated carbocycles. The second-order valence-electron chi connectivity index (χ2n) is 7.89. The Morgan fingerprint density at radius 1 is 1.17 bits per heavy atom. The van der Waals surface area contributed by atoms with Gasteiger partial charge in [0.25, 0.3) is 11.6 Å². The molecule has 0 bridgehead atoms. The molecule has 11 nitrogen and oxygen atoms in total. The molecule has 0 unspecified atom stereocenters. The number of carbonyl (C=O) groups excluding carboxylic acids is 1. The van der Waals surface area contributed by atoms with Crippen LogP contribution in [0.5, 0.6) is 11.5 Å². The second-order valence-corrected chi connectivity index (χ2v) is 8.30. The van der Waals surface area contributed by atoms with Crippen LogP contribution < -0.4 is 14.8 Å². The SMILES string of the molecule is COc1cccc(Cn2nc(C)c(NC(=O)c3ccn(COc4ccc([N+](=O)[O-])cc4Cl)n3)c2C)c1. The molecule has 12 heteroatoms. The van der Waals surface area contributed by atoms with Crippen LogP contribution >= 0.6 is 11.6 Å². The molecule has 0 aliphatic rings. The van der Waals surface area contributed by atoms with Gasteiger partial charge in [0, 0.05) is 18.3 Å². The van der Waals surface area contributed by atoms with Crippen molar-refractivity contribution >= 4 is 28.9 Å². The molecule has 4 aromatic rings. The summed E-state index contributed by atoms with van der Waals surface area (Å²) >= 11 is 6.05. The third kappa shape index (κ3) is 5.47. The van der Waals surface area contributed by atoms with Crippen LogP contribution in [0.4, 0.5) is 11.4 Å². The van der Waals surface area contributed by atoms with E-state index in [-0.39, 0.29) is 28.9 Å². The number of nitrogens with one attached hydrogen (secondary N) is 1. The van der Waals surface area contributed by atoms with Crippen LogP contribution in [0.15, 0.2) is 54.7 Å². The van der Waals surface area contributed by atoms with Crippen LogP contribution in [0.3, 0.4) is 0 Å². The molecule has 1 N–H and O–H groups in total. The summed E-state index contributed by atoms with van der Waals surface area (Å²) in [4.78, 5) is 23.1. The number of carbonyl (C=O) groups is 1. The highest BCUT2D eigenvalue weighted by Gasteiger charge is 2.18. The summed E-state index contributed by atoms with van der Waals surface area (Å²) in [5.74, 6) is 0.630. The van der Waals surface area contributed by atoms with E-state index in [2.05, 4.69) is 15.5 Å². The Labute approximate surface area is 211 Å². The fraction of sp³-hybridized carbons (Fsp3) is 0.208. The van der Waals surface area contributed by atoms with Crippen LogP contribution in [0.2, 0.25) is 5.02 Å². The van der Waals surface area contributed by atoms with Gasteiger partial charge in [-0.15, -0.1) is 0 Å². The number of aryl methyl sites for hydroxylation is 1. The maximum atomic E-state index is 12.8. The number of nitrogens with zero attached hydrogens (tertiary/aromatic N) is 5. The monoisotopic (exact) mass is 510 g/mol. The van der Waals surface area contributed by atoms with E-state index in [1.807, 2.05) is 42.8 Å². The van der Waals surface area contributed by atoms with Crippen molar-refractivity contribution in [2.45, 2.75) is 27.1 Å². The maximum Gasteiger partial charge on any atom is 0.276 e. The van der Waals surface area contributed by atoms with Gasteiger partial charge >= 0.3 is 0 Å². The van der Waals surface area contributed by atoms with E-state index < -0.39 is 10.8 Å². The lowest BCUT2D eigenvalue weighted by Crippen LogP contribution is -2.15. The van der Waals surface area contributed by atoms with Crippen molar-refractivity contribution in [3.63, 3.8) is 0 Å². The number of benzene rings is 2. The number of ether oxygens (including phenoxy) is 2. The van der Waals surface area contributed by atoms with Crippen LogP contribution in [0, 0.1) is 24.0 Å². The first-order chi connectivity index (χ1) is 17.2. The molecule has 2 aromatic carbocycles. The second kappa shape index (κ2) is 10.5. The van der Waals surface area contributed by atoms with Gasteiger partial charge in [0.2, 0.25) is 0 Å². The number of rotatable bonds is 9. The van der Waals surface area contributed by atoms with Crippen molar-refractivity contribution in [2.75, 3.05) is 12.4 Å². The highest BCUT2D eigenvalue weighted by molar-refractivity contribution is 6.32. The number of methoxy groups -OCH3 is 1. The van der Waals surface area contributed by atoms with E-state index in [0.29, 0.717) is 17.9 Å². The summed E-state index contributed by atoms with van der Waals surface area (Å²) in [6, 6.07) is 13.2. The number of amides is 1. The average molecular weight is 511 g/mol. The maximum absolute atomic E-state index is 12.8. The average Bonchev–Trinajstić information content (AvgIpc) is 3.44. The molecule has 4 rings (SSSR count). The Hall–Kier alpha value is -4.38. The largest absolute Gasteiger partial charge is 0.497 e. The van der Waals surface area contributed by atoms with Crippen LogP contribution in [-0.4, -0.2) is 37.5 Å². The molecule has 0 aliphatic carbocycles.